The van der Waals surface area contributed by atoms with Crippen LogP contribution in [0.2, 0.25) is 0 Å². The van der Waals surface area contributed by atoms with E-state index in [1.165, 1.54) is 21.5 Å². The van der Waals surface area contributed by atoms with Crippen LogP contribution in [0.4, 0.5) is 0 Å². The van der Waals surface area contributed by atoms with Crippen molar-refractivity contribution in [2.45, 2.75) is 12.6 Å². The molecule has 3 aromatic rings. The Balaban J connectivity index is 1.87. The predicted octanol–water partition coefficient (Wildman–Crippen LogP) is 0.633. The second-order valence-corrected chi connectivity index (χ2v) is 4.56. The average Bonchev–Trinajstić information content (AvgIpc) is 2.84. The molecular weight excluding hydrogens is 272 g/mol. The highest BCUT2D eigenvalue weighted by molar-refractivity contribution is 5.32. The molecule has 0 radical (unpaired) electrons. The van der Waals surface area contributed by atoms with Gasteiger partial charge in [0.25, 0.3) is 0 Å². The van der Waals surface area contributed by atoms with Crippen molar-refractivity contribution in [3.05, 3.63) is 58.9 Å². The third-order valence-electron chi connectivity index (χ3n) is 3.24. The first-order valence-electron chi connectivity index (χ1n) is 6.40. The molecule has 0 bridgehead atoms. The number of aliphatic hydroxyl groups excluding tert-OH is 1. The molecule has 2 heterocycles. The van der Waals surface area contributed by atoms with Gasteiger partial charge in [-0.05, 0) is 17.7 Å². The number of methoxy groups -OCH3 is 1. The van der Waals surface area contributed by atoms with Gasteiger partial charge in [-0.2, -0.15) is 0 Å². The zero-order chi connectivity index (χ0) is 14.8. The van der Waals surface area contributed by atoms with E-state index in [-0.39, 0.29) is 12.2 Å². The van der Waals surface area contributed by atoms with Crippen LogP contribution >= 0.6 is 0 Å². The van der Waals surface area contributed by atoms with Crippen LogP contribution in [-0.2, 0) is 6.54 Å². The lowest BCUT2D eigenvalue weighted by Crippen LogP contribution is -2.24. The fourth-order valence-corrected chi connectivity index (χ4v) is 2.09. The summed E-state index contributed by atoms with van der Waals surface area (Å²) in [6.45, 7) is 0.0762. The minimum atomic E-state index is -0.827. The number of fused-ring (bicyclic) bond motifs is 1. The maximum absolute atomic E-state index is 12.1. The van der Waals surface area contributed by atoms with Gasteiger partial charge in [0, 0.05) is 12.4 Å². The van der Waals surface area contributed by atoms with Crippen molar-refractivity contribution in [2.24, 2.45) is 0 Å². The highest BCUT2D eigenvalue weighted by Crippen LogP contribution is 2.18. The molecule has 7 nitrogen and oxygen atoms in total. The Kier molecular flexibility index (Phi) is 3.41. The van der Waals surface area contributed by atoms with E-state index < -0.39 is 6.10 Å². The Hall–Kier alpha value is -2.67. The van der Waals surface area contributed by atoms with Gasteiger partial charge in [-0.1, -0.05) is 12.1 Å². The van der Waals surface area contributed by atoms with E-state index in [0.29, 0.717) is 17.0 Å². The Morgan fingerprint density at radius 3 is 2.76 bits per heavy atom. The standard InChI is InChI=1S/C14H14N4O3/c1-21-11-4-2-10(3-5-11)12(19)9-18-14(20)17-7-6-15-8-13(17)16-18/h2-8,12,19H,9H2,1H3. The maximum atomic E-state index is 12.1. The van der Waals surface area contributed by atoms with E-state index >= 15 is 0 Å². The van der Waals surface area contributed by atoms with Crippen molar-refractivity contribution in [3.8, 4) is 5.75 Å². The predicted molar refractivity (Wildman–Crippen MR) is 75.2 cm³/mol. The minimum absolute atomic E-state index is 0.0762. The van der Waals surface area contributed by atoms with E-state index in [0.717, 1.165) is 0 Å². The van der Waals surface area contributed by atoms with E-state index in [4.69, 9.17) is 4.74 Å². The van der Waals surface area contributed by atoms with E-state index in [1.807, 2.05) is 0 Å². The lowest BCUT2D eigenvalue weighted by molar-refractivity contribution is 0.150. The Morgan fingerprint density at radius 2 is 2.10 bits per heavy atom. The normalized spacial score (nSPS) is 12.5. The molecule has 1 unspecified atom stereocenters. The molecule has 0 amide bonds. The number of benzene rings is 1. The minimum Gasteiger partial charge on any atom is -0.497 e. The molecule has 108 valence electrons. The van der Waals surface area contributed by atoms with E-state index in [9.17, 15) is 9.90 Å². The van der Waals surface area contributed by atoms with Crippen molar-refractivity contribution < 1.29 is 9.84 Å². The zero-order valence-electron chi connectivity index (χ0n) is 11.4. The molecular formula is C14H14N4O3. The van der Waals surface area contributed by atoms with Crippen molar-refractivity contribution in [2.75, 3.05) is 7.11 Å². The van der Waals surface area contributed by atoms with Gasteiger partial charge < -0.3 is 9.84 Å². The second-order valence-electron chi connectivity index (χ2n) is 4.56. The number of aliphatic hydroxyl groups is 1. The summed E-state index contributed by atoms with van der Waals surface area (Å²) >= 11 is 0. The molecule has 0 aliphatic carbocycles. The number of hydrogen-bond acceptors (Lipinski definition) is 5. The Morgan fingerprint density at radius 1 is 1.33 bits per heavy atom. The van der Waals surface area contributed by atoms with Crippen LogP contribution in [0, 0.1) is 0 Å². The lowest BCUT2D eigenvalue weighted by Gasteiger charge is -2.10. The lowest BCUT2D eigenvalue weighted by atomic mass is 10.1. The Bertz CT molecular complexity index is 807. The van der Waals surface area contributed by atoms with Gasteiger partial charge in [0.1, 0.15) is 5.75 Å². The first kappa shape index (κ1) is 13.3. The second kappa shape index (κ2) is 5.37. The third-order valence-corrected chi connectivity index (χ3v) is 3.24. The Labute approximate surface area is 120 Å². The molecule has 1 aromatic carbocycles. The number of hydrogen-bond donors (Lipinski definition) is 1. The molecule has 1 N–H and O–H groups in total. The van der Waals surface area contributed by atoms with Gasteiger partial charge in [-0.25, -0.2) is 13.9 Å². The van der Waals surface area contributed by atoms with E-state index in [1.54, 1.807) is 37.6 Å². The van der Waals surface area contributed by atoms with Gasteiger partial charge in [0.15, 0.2) is 5.65 Å². The average molecular weight is 286 g/mol. The third kappa shape index (κ3) is 2.50. The summed E-state index contributed by atoms with van der Waals surface area (Å²) in [5, 5.41) is 14.4. The van der Waals surface area contributed by atoms with Crippen LogP contribution in [0.3, 0.4) is 0 Å². The van der Waals surface area contributed by atoms with Crippen LogP contribution in [0.15, 0.2) is 47.7 Å². The number of ether oxygens (including phenoxy) is 1. The van der Waals surface area contributed by atoms with Crippen molar-refractivity contribution >= 4 is 5.65 Å². The molecule has 7 heteroatoms. The molecule has 0 spiro atoms. The summed E-state index contributed by atoms with van der Waals surface area (Å²) in [6.07, 6.45) is 3.73. The number of rotatable bonds is 4. The van der Waals surface area contributed by atoms with Crippen molar-refractivity contribution in [3.63, 3.8) is 0 Å². The first-order chi connectivity index (χ1) is 10.2. The molecule has 3 rings (SSSR count). The van der Waals surface area contributed by atoms with Gasteiger partial charge in [-0.3, -0.25) is 4.98 Å². The van der Waals surface area contributed by atoms with Crippen molar-refractivity contribution in [1.82, 2.24) is 19.2 Å². The fraction of sp³-hybridized carbons (Fsp3) is 0.214. The molecule has 21 heavy (non-hydrogen) atoms. The van der Waals surface area contributed by atoms with E-state index in [2.05, 4.69) is 10.1 Å². The highest BCUT2D eigenvalue weighted by Gasteiger charge is 2.13. The van der Waals surface area contributed by atoms with Crippen LogP contribution in [0.5, 0.6) is 5.75 Å². The summed E-state index contributed by atoms with van der Waals surface area (Å²) < 4.78 is 7.68. The summed E-state index contributed by atoms with van der Waals surface area (Å²) in [6, 6.07) is 7.03. The molecule has 0 fully saturated rings. The van der Waals surface area contributed by atoms with Crippen molar-refractivity contribution in [1.29, 1.82) is 0 Å². The monoisotopic (exact) mass is 286 g/mol. The highest BCUT2D eigenvalue weighted by atomic mass is 16.5. The van der Waals surface area contributed by atoms with Gasteiger partial charge in [0.2, 0.25) is 0 Å². The molecule has 0 aliphatic heterocycles. The molecule has 1 atom stereocenters. The summed E-state index contributed by atoms with van der Waals surface area (Å²) in [5.74, 6) is 0.710. The maximum Gasteiger partial charge on any atom is 0.350 e. The molecule has 2 aromatic heterocycles. The van der Waals surface area contributed by atoms with Crippen LogP contribution in [0.1, 0.15) is 11.7 Å². The molecule has 0 saturated heterocycles. The topological polar surface area (TPSA) is 81.7 Å². The first-order valence-corrected chi connectivity index (χ1v) is 6.40. The summed E-state index contributed by atoms with van der Waals surface area (Å²) in [4.78, 5) is 16.0. The smallest absolute Gasteiger partial charge is 0.350 e. The van der Waals surface area contributed by atoms with Crippen LogP contribution in [-0.4, -0.2) is 31.4 Å². The largest absolute Gasteiger partial charge is 0.497 e. The van der Waals surface area contributed by atoms with Gasteiger partial charge in [0.05, 0.1) is 26.0 Å². The van der Waals surface area contributed by atoms with Gasteiger partial charge >= 0.3 is 5.69 Å². The SMILES string of the molecule is COc1ccc(C(O)Cn2nc3cnccn3c2=O)cc1. The van der Waals surface area contributed by atoms with Crippen LogP contribution in [0.25, 0.3) is 5.65 Å². The fourth-order valence-electron chi connectivity index (χ4n) is 2.09. The quantitative estimate of drug-likeness (QED) is 0.761. The van der Waals surface area contributed by atoms with Gasteiger partial charge in [-0.15, -0.1) is 5.10 Å². The summed E-state index contributed by atoms with van der Waals surface area (Å²) in [7, 11) is 1.58. The zero-order valence-corrected chi connectivity index (χ0v) is 11.4. The number of aromatic nitrogens is 4. The molecule has 0 aliphatic rings. The summed E-state index contributed by atoms with van der Waals surface area (Å²) in [5.41, 5.74) is 0.835. The number of nitrogens with zero attached hydrogens (tertiary/aromatic N) is 4. The van der Waals surface area contributed by atoms with Crippen LogP contribution < -0.4 is 10.4 Å². The molecule has 0 saturated carbocycles.